The van der Waals surface area contributed by atoms with Crippen LogP contribution in [-0.2, 0) is 16.1 Å². The van der Waals surface area contributed by atoms with Gasteiger partial charge < -0.3 is 19.9 Å². The quantitative estimate of drug-likeness (QED) is 0.845. The Morgan fingerprint density at radius 1 is 1.22 bits per heavy atom. The molecule has 1 fully saturated rings. The Hall–Kier alpha value is -2.08. The molecule has 0 aromatic heterocycles. The molecule has 1 aliphatic heterocycles. The van der Waals surface area contributed by atoms with Gasteiger partial charge in [0.2, 0.25) is 11.8 Å². The van der Waals surface area contributed by atoms with E-state index in [1.165, 1.54) is 0 Å². The predicted molar refractivity (Wildman–Crippen MR) is 88.2 cm³/mol. The third kappa shape index (κ3) is 5.25. The van der Waals surface area contributed by atoms with E-state index in [2.05, 4.69) is 17.1 Å². The number of rotatable bonds is 6. The van der Waals surface area contributed by atoms with Gasteiger partial charge in [0.1, 0.15) is 5.75 Å². The maximum absolute atomic E-state index is 12.1. The Morgan fingerprint density at radius 3 is 2.61 bits per heavy atom. The van der Waals surface area contributed by atoms with E-state index in [1.807, 2.05) is 24.3 Å². The summed E-state index contributed by atoms with van der Waals surface area (Å²) in [7, 11) is 1.62. The van der Waals surface area contributed by atoms with Crippen LogP contribution >= 0.6 is 0 Å². The molecule has 2 rings (SSSR count). The first-order valence-electron chi connectivity index (χ1n) is 8.02. The number of likely N-dealkylation sites (N-methyl/N-ethyl adjacent to an activating group) is 1. The van der Waals surface area contributed by atoms with Gasteiger partial charge in [0, 0.05) is 32.6 Å². The third-order valence-corrected chi connectivity index (χ3v) is 4.11. The van der Waals surface area contributed by atoms with Crippen LogP contribution in [0.4, 0.5) is 0 Å². The average molecular weight is 319 g/mol. The Balaban J connectivity index is 1.80. The van der Waals surface area contributed by atoms with E-state index in [-0.39, 0.29) is 18.4 Å². The van der Waals surface area contributed by atoms with Gasteiger partial charge in [-0.15, -0.1) is 0 Å². The number of hydrogen-bond acceptors (Lipinski definition) is 4. The molecule has 6 nitrogen and oxygen atoms in total. The molecule has 1 saturated heterocycles. The zero-order valence-corrected chi connectivity index (χ0v) is 13.9. The smallest absolute Gasteiger partial charge is 0.239 e. The van der Waals surface area contributed by atoms with Crippen molar-refractivity contribution in [3.8, 4) is 5.75 Å². The van der Waals surface area contributed by atoms with E-state index in [1.54, 1.807) is 12.0 Å². The van der Waals surface area contributed by atoms with Crippen molar-refractivity contribution < 1.29 is 14.3 Å². The van der Waals surface area contributed by atoms with E-state index >= 15 is 0 Å². The Bertz CT molecular complexity index is 530. The summed E-state index contributed by atoms with van der Waals surface area (Å²) in [4.78, 5) is 28.0. The van der Waals surface area contributed by atoms with Gasteiger partial charge in [0.25, 0.3) is 0 Å². The van der Waals surface area contributed by atoms with Gasteiger partial charge in [-0.3, -0.25) is 9.59 Å². The van der Waals surface area contributed by atoms with Gasteiger partial charge >= 0.3 is 0 Å². The minimum atomic E-state index is -0.126. The minimum absolute atomic E-state index is 0.0561. The first-order valence-corrected chi connectivity index (χ1v) is 8.02. The maximum Gasteiger partial charge on any atom is 0.239 e. The SMILES string of the molecule is CCN1CCC(=O)N(CC(=O)NCc2ccc(OC)cc2)CC1. The van der Waals surface area contributed by atoms with E-state index in [0.717, 1.165) is 30.9 Å². The molecule has 0 radical (unpaired) electrons. The van der Waals surface area contributed by atoms with Crippen molar-refractivity contribution in [2.45, 2.75) is 19.9 Å². The molecule has 126 valence electrons. The lowest BCUT2D eigenvalue weighted by Gasteiger charge is -2.20. The normalized spacial score (nSPS) is 16.1. The average Bonchev–Trinajstić information content (AvgIpc) is 2.75. The van der Waals surface area contributed by atoms with Crippen LogP contribution in [0.5, 0.6) is 5.75 Å². The topological polar surface area (TPSA) is 61.9 Å². The lowest BCUT2D eigenvalue weighted by Crippen LogP contribution is -2.41. The highest BCUT2D eigenvalue weighted by Crippen LogP contribution is 2.11. The van der Waals surface area contributed by atoms with Crippen molar-refractivity contribution in [2.24, 2.45) is 0 Å². The van der Waals surface area contributed by atoms with Crippen LogP contribution in [0.1, 0.15) is 18.9 Å². The first-order chi connectivity index (χ1) is 11.1. The van der Waals surface area contributed by atoms with E-state index in [9.17, 15) is 9.59 Å². The van der Waals surface area contributed by atoms with Crippen molar-refractivity contribution >= 4 is 11.8 Å². The highest BCUT2D eigenvalue weighted by atomic mass is 16.5. The van der Waals surface area contributed by atoms with Crippen LogP contribution in [-0.4, -0.2) is 61.4 Å². The molecule has 1 aromatic rings. The molecule has 1 heterocycles. The van der Waals surface area contributed by atoms with Gasteiger partial charge in [0.05, 0.1) is 13.7 Å². The van der Waals surface area contributed by atoms with Gasteiger partial charge in [-0.25, -0.2) is 0 Å². The first kappa shape index (κ1) is 17.3. The number of nitrogens with zero attached hydrogens (tertiary/aromatic N) is 2. The number of benzene rings is 1. The van der Waals surface area contributed by atoms with Crippen LogP contribution in [0.3, 0.4) is 0 Å². The fourth-order valence-electron chi connectivity index (χ4n) is 2.57. The Labute approximate surface area is 137 Å². The van der Waals surface area contributed by atoms with Crippen molar-refractivity contribution in [2.75, 3.05) is 39.8 Å². The molecule has 0 unspecified atom stereocenters. The van der Waals surface area contributed by atoms with E-state index in [0.29, 0.717) is 19.5 Å². The van der Waals surface area contributed by atoms with Gasteiger partial charge in [-0.05, 0) is 24.2 Å². The number of nitrogens with one attached hydrogen (secondary N) is 1. The van der Waals surface area contributed by atoms with Crippen molar-refractivity contribution in [3.63, 3.8) is 0 Å². The predicted octanol–water partition coefficient (Wildman–Crippen LogP) is 0.866. The fourth-order valence-corrected chi connectivity index (χ4v) is 2.57. The third-order valence-electron chi connectivity index (χ3n) is 4.11. The second-order valence-corrected chi connectivity index (χ2v) is 5.62. The zero-order chi connectivity index (χ0) is 16.7. The minimum Gasteiger partial charge on any atom is -0.497 e. The summed E-state index contributed by atoms with van der Waals surface area (Å²) >= 11 is 0. The molecule has 1 aromatic carbocycles. The second-order valence-electron chi connectivity index (χ2n) is 5.62. The summed E-state index contributed by atoms with van der Waals surface area (Å²) in [6.07, 6.45) is 0.486. The molecule has 6 heteroatoms. The summed E-state index contributed by atoms with van der Waals surface area (Å²) in [6, 6.07) is 7.54. The van der Waals surface area contributed by atoms with Crippen molar-refractivity contribution in [1.82, 2.24) is 15.1 Å². The van der Waals surface area contributed by atoms with Crippen LogP contribution < -0.4 is 10.1 Å². The largest absolute Gasteiger partial charge is 0.497 e. The van der Waals surface area contributed by atoms with Gasteiger partial charge in [-0.1, -0.05) is 19.1 Å². The van der Waals surface area contributed by atoms with Crippen LogP contribution in [0, 0.1) is 0 Å². The Kier molecular flexibility index (Phi) is 6.40. The molecule has 1 aliphatic rings. The lowest BCUT2D eigenvalue weighted by atomic mass is 10.2. The molecule has 0 bridgehead atoms. The number of methoxy groups -OCH3 is 1. The summed E-state index contributed by atoms with van der Waals surface area (Å²) in [5.74, 6) is 0.718. The summed E-state index contributed by atoms with van der Waals surface area (Å²) in [6.45, 7) is 5.82. The molecule has 1 N–H and O–H groups in total. The highest BCUT2D eigenvalue weighted by molar-refractivity contribution is 5.85. The van der Waals surface area contributed by atoms with Crippen LogP contribution in [0.15, 0.2) is 24.3 Å². The number of hydrogen-bond donors (Lipinski definition) is 1. The molecular formula is C17H25N3O3. The summed E-state index contributed by atoms with van der Waals surface area (Å²) < 4.78 is 5.10. The number of carbonyl (C=O) groups excluding carboxylic acids is 2. The molecule has 0 aliphatic carbocycles. The number of amides is 2. The molecule has 2 amide bonds. The maximum atomic E-state index is 12.1. The van der Waals surface area contributed by atoms with Crippen molar-refractivity contribution in [1.29, 1.82) is 0 Å². The van der Waals surface area contributed by atoms with E-state index < -0.39 is 0 Å². The molecule has 0 atom stereocenters. The Morgan fingerprint density at radius 2 is 1.96 bits per heavy atom. The molecule has 0 spiro atoms. The summed E-state index contributed by atoms with van der Waals surface area (Å²) in [5, 5.41) is 2.86. The monoisotopic (exact) mass is 319 g/mol. The number of ether oxygens (including phenoxy) is 1. The lowest BCUT2D eigenvalue weighted by molar-refractivity contribution is -0.135. The zero-order valence-electron chi connectivity index (χ0n) is 13.9. The van der Waals surface area contributed by atoms with Gasteiger partial charge in [-0.2, -0.15) is 0 Å². The molecule has 23 heavy (non-hydrogen) atoms. The highest BCUT2D eigenvalue weighted by Gasteiger charge is 2.21. The second kappa shape index (κ2) is 8.53. The summed E-state index contributed by atoms with van der Waals surface area (Å²) in [5.41, 5.74) is 0.999. The van der Waals surface area contributed by atoms with E-state index in [4.69, 9.17) is 4.74 Å². The van der Waals surface area contributed by atoms with Crippen molar-refractivity contribution in [3.05, 3.63) is 29.8 Å². The van der Waals surface area contributed by atoms with Crippen LogP contribution in [0.2, 0.25) is 0 Å². The number of carbonyl (C=O) groups is 2. The molecular weight excluding hydrogens is 294 g/mol. The van der Waals surface area contributed by atoms with Crippen LogP contribution in [0.25, 0.3) is 0 Å². The van der Waals surface area contributed by atoms with Gasteiger partial charge in [0.15, 0.2) is 0 Å². The standard InChI is InChI=1S/C17H25N3O3/c1-3-19-9-8-17(22)20(11-10-19)13-16(21)18-12-14-4-6-15(23-2)7-5-14/h4-7H,3,8-13H2,1-2H3,(H,18,21). The fraction of sp³-hybridized carbons (Fsp3) is 0.529. The molecule has 0 saturated carbocycles.